The van der Waals surface area contributed by atoms with Crippen LogP contribution in [0.3, 0.4) is 0 Å². The maximum atomic E-state index is 2.40. The second kappa shape index (κ2) is 5.16. The predicted octanol–water partition coefficient (Wildman–Crippen LogP) is 2.40. The minimum atomic E-state index is 0. The third kappa shape index (κ3) is 3.39. The summed E-state index contributed by atoms with van der Waals surface area (Å²) in [6, 6.07) is 0. The molecule has 1 fully saturated rings. The molecule has 0 unspecified atom stereocenters. The normalized spacial score (nSPS) is 22.1. The molecular formula is C7H13Nd-. The molecule has 0 atom stereocenters. The van der Waals surface area contributed by atoms with Crippen LogP contribution < -0.4 is 0 Å². The summed E-state index contributed by atoms with van der Waals surface area (Å²) in [5.41, 5.74) is 0. The van der Waals surface area contributed by atoms with Crippen LogP contribution in [0.15, 0.2) is 0 Å². The van der Waals surface area contributed by atoms with Gasteiger partial charge in [0.25, 0.3) is 0 Å². The predicted molar refractivity (Wildman–Crippen MR) is 31.9 cm³/mol. The maximum absolute atomic E-state index is 2.40. The van der Waals surface area contributed by atoms with Crippen molar-refractivity contribution >= 4 is 0 Å². The van der Waals surface area contributed by atoms with E-state index in [2.05, 4.69) is 13.3 Å². The van der Waals surface area contributed by atoms with Crippen molar-refractivity contribution < 1.29 is 40.8 Å². The minimum absolute atomic E-state index is 0. The van der Waals surface area contributed by atoms with Gasteiger partial charge in [0.05, 0.1) is 0 Å². The molecule has 0 aliphatic heterocycles. The quantitative estimate of drug-likeness (QED) is 0.571. The molecule has 0 nitrogen and oxygen atoms in total. The molecule has 46 valence electrons. The summed E-state index contributed by atoms with van der Waals surface area (Å²) in [5.74, 6) is 1.00. The van der Waals surface area contributed by atoms with Gasteiger partial charge in [0.15, 0.2) is 0 Å². The molecule has 1 heteroatoms. The second-order valence-corrected chi connectivity index (χ2v) is 2.55. The summed E-state index contributed by atoms with van der Waals surface area (Å²) in [5, 5.41) is 0. The Kier molecular flexibility index (Phi) is 6.03. The Morgan fingerprint density at radius 1 is 1.25 bits per heavy atom. The van der Waals surface area contributed by atoms with Crippen molar-refractivity contribution in [3.8, 4) is 0 Å². The Balaban J connectivity index is 0.000000490. The largest absolute Gasteiger partial charge is 0.328 e. The van der Waals surface area contributed by atoms with Crippen LogP contribution in [-0.4, -0.2) is 0 Å². The summed E-state index contributed by atoms with van der Waals surface area (Å²) in [6.45, 7) is 2.34. The van der Waals surface area contributed by atoms with Crippen molar-refractivity contribution in [1.29, 1.82) is 0 Å². The number of hydrogen-bond acceptors (Lipinski definition) is 0. The van der Waals surface area contributed by atoms with Crippen molar-refractivity contribution in [2.75, 3.05) is 0 Å². The Labute approximate surface area is 85.0 Å². The molecule has 0 heterocycles. The monoisotopic (exact) mass is 239 g/mol. The van der Waals surface area contributed by atoms with Crippen molar-refractivity contribution in [2.24, 2.45) is 5.92 Å². The van der Waals surface area contributed by atoms with Gasteiger partial charge in [0.1, 0.15) is 0 Å². The Morgan fingerprint density at radius 3 is 2.00 bits per heavy atom. The van der Waals surface area contributed by atoms with E-state index < -0.39 is 0 Å². The van der Waals surface area contributed by atoms with Gasteiger partial charge in [-0.2, -0.15) is 12.8 Å². The van der Waals surface area contributed by atoms with E-state index in [0.29, 0.717) is 0 Å². The van der Waals surface area contributed by atoms with Gasteiger partial charge in [0.2, 0.25) is 0 Å². The fourth-order valence-electron chi connectivity index (χ4n) is 1.09. The van der Waals surface area contributed by atoms with Gasteiger partial charge in [-0.25, -0.2) is 0 Å². The van der Waals surface area contributed by atoms with Gasteiger partial charge in [0, 0.05) is 40.8 Å². The molecule has 0 N–H and O–H groups in total. The van der Waals surface area contributed by atoms with Gasteiger partial charge >= 0.3 is 0 Å². The van der Waals surface area contributed by atoms with Crippen LogP contribution in [0, 0.1) is 53.2 Å². The summed E-state index contributed by atoms with van der Waals surface area (Å²) in [7, 11) is 0. The van der Waals surface area contributed by atoms with Crippen molar-refractivity contribution in [1.82, 2.24) is 0 Å². The fourth-order valence-corrected chi connectivity index (χ4v) is 1.09. The standard InChI is InChI=1S/C7H13.Nd/c1-7-5-3-2-4-6-7;/h2,7H,3-6H2,1H3;/q-1;. The summed E-state index contributed by atoms with van der Waals surface area (Å²) in [4.78, 5) is 0. The zero-order chi connectivity index (χ0) is 5.11. The number of hydrogen-bond donors (Lipinski definition) is 0. The van der Waals surface area contributed by atoms with Crippen molar-refractivity contribution in [2.45, 2.75) is 32.6 Å². The third-order valence-electron chi connectivity index (χ3n) is 1.73. The Morgan fingerprint density at radius 2 is 1.75 bits per heavy atom. The summed E-state index contributed by atoms with van der Waals surface area (Å²) < 4.78 is 0. The molecule has 0 radical (unpaired) electrons. The second-order valence-electron chi connectivity index (χ2n) is 2.55. The van der Waals surface area contributed by atoms with Crippen molar-refractivity contribution in [3.63, 3.8) is 0 Å². The Hall–Kier alpha value is 1.35. The van der Waals surface area contributed by atoms with Crippen LogP contribution >= 0.6 is 0 Å². The minimum Gasteiger partial charge on any atom is -0.328 e. The van der Waals surface area contributed by atoms with Crippen LogP contribution in [0.5, 0.6) is 0 Å². The topological polar surface area (TPSA) is 0 Å². The first-order valence-corrected chi connectivity index (χ1v) is 3.21. The molecule has 1 saturated carbocycles. The van der Waals surface area contributed by atoms with Gasteiger partial charge in [-0.05, 0) is 5.92 Å². The summed E-state index contributed by atoms with van der Waals surface area (Å²) in [6.07, 6.45) is 7.99. The van der Waals surface area contributed by atoms with Gasteiger partial charge in [-0.1, -0.05) is 19.8 Å². The molecule has 0 bridgehead atoms. The summed E-state index contributed by atoms with van der Waals surface area (Å²) >= 11 is 0. The maximum Gasteiger partial charge on any atom is 0 e. The van der Waals surface area contributed by atoms with Crippen LogP contribution in [0.4, 0.5) is 0 Å². The van der Waals surface area contributed by atoms with Crippen molar-refractivity contribution in [3.05, 3.63) is 6.42 Å². The van der Waals surface area contributed by atoms with Crippen LogP contribution in [-0.2, 0) is 0 Å². The van der Waals surface area contributed by atoms with Crippen LogP contribution in [0.25, 0.3) is 0 Å². The molecule has 1 aliphatic rings. The average molecular weight is 241 g/mol. The van der Waals surface area contributed by atoms with E-state index in [-0.39, 0.29) is 40.8 Å². The van der Waals surface area contributed by atoms with E-state index in [1.165, 1.54) is 25.7 Å². The number of rotatable bonds is 0. The molecule has 1 rings (SSSR count). The zero-order valence-electron chi connectivity index (χ0n) is 5.48. The first-order chi connectivity index (χ1) is 3.39. The zero-order valence-corrected chi connectivity index (χ0v) is 8.69. The molecule has 1 aliphatic carbocycles. The van der Waals surface area contributed by atoms with E-state index >= 15 is 0 Å². The molecule has 0 spiro atoms. The van der Waals surface area contributed by atoms with Crippen LogP contribution in [0.2, 0.25) is 0 Å². The van der Waals surface area contributed by atoms with E-state index in [1.807, 2.05) is 0 Å². The fraction of sp³-hybridized carbons (Fsp3) is 0.857. The molecular weight excluding hydrogens is 228 g/mol. The molecule has 8 heavy (non-hydrogen) atoms. The molecule has 0 aromatic heterocycles. The SMILES string of the molecule is CC1CC[CH-]CC1.[Nd]. The van der Waals surface area contributed by atoms with Crippen LogP contribution in [0.1, 0.15) is 32.6 Å². The smallest absolute Gasteiger partial charge is 0 e. The molecule has 0 aromatic carbocycles. The van der Waals surface area contributed by atoms with Gasteiger partial charge in [-0.15, -0.1) is 0 Å². The third-order valence-corrected chi connectivity index (χ3v) is 1.73. The molecule has 0 aromatic rings. The van der Waals surface area contributed by atoms with E-state index in [1.54, 1.807) is 0 Å². The van der Waals surface area contributed by atoms with E-state index in [0.717, 1.165) is 5.92 Å². The van der Waals surface area contributed by atoms with Gasteiger partial charge < -0.3 is 6.42 Å². The van der Waals surface area contributed by atoms with E-state index in [4.69, 9.17) is 0 Å². The van der Waals surface area contributed by atoms with E-state index in [9.17, 15) is 0 Å². The molecule has 0 saturated heterocycles. The average Bonchev–Trinajstić information content (AvgIpc) is 1.69. The Bertz CT molecular complexity index is 46.3. The first-order valence-electron chi connectivity index (χ1n) is 3.21. The first kappa shape index (κ1) is 9.35. The molecule has 0 amide bonds. The van der Waals surface area contributed by atoms with Gasteiger partial charge in [-0.3, -0.25) is 0 Å².